The molecule has 22 nitrogen and oxygen atoms in total. The van der Waals surface area contributed by atoms with Crippen LogP contribution in [0.25, 0.3) is 0 Å². The Bertz CT molecular complexity index is 2580. The molecule has 79 heavy (non-hydrogen) atoms. The molecule has 0 bridgehead atoms. The van der Waals surface area contributed by atoms with Crippen molar-refractivity contribution in [3.05, 3.63) is 49.1 Å². The lowest BCUT2D eigenvalue weighted by molar-refractivity contribution is -0.369. The maximum Gasteiger partial charge on any atom is 0.397 e. The van der Waals surface area contributed by atoms with E-state index in [1.807, 2.05) is 6.92 Å². The quantitative estimate of drug-likeness (QED) is 0.111. The number of hydrogen-bond acceptors (Lipinski definition) is 20. The third-order valence-electron chi connectivity index (χ3n) is 19.8. The molecule has 0 spiro atoms. The highest BCUT2D eigenvalue weighted by molar-refractivity contribution is 7.81. The first-order chi connectivity index (χ1) is 36.9. The van der Waals surface area contributed by atoms with Gasteiger partial charge < -0.3 is 67.4 Å². The second-order valence-corrected chi connectivity index (χ2v) is 27.8. The lowest BCUT2D eigenvalue weighted by Crippen LogP contribution is -2.74. The maximum absolute atomic E-state index is 12.3. The second kappa shape index (κ2) is 21.3. The van der Waals surface area contributed by atoms with Gasteiger partial charge in [-0.3, -0.25) is 9.11 Å². The number of aliphatic hydroxyl groups excluding tert-OH is 2. The molecule has 13 unspecified atom stereocenters. The van der Waals surface area contributed by atoms with Gasteiger partial charge >= 0.3 is 20.8 Å². The third kappa shape index (κ3) is 11.5. The van der Waals surface area contributed by atoms with Crippen LogP contribution in [0.4, 0.5) is 0 Å². The summed E-state index contributed by atoms with van der Waals surface area (Å²) >= 11 is 0. The molecule has 11 aliphatic heterocycles. The molecule has 0 aliphatic carbocycles. The van der Waals surface area contributed by atoms with Crippen molar-refractivity contribution in [2.24, 2.45) is 5.92 Å². The smallest absolute Gasteiger partial charge is 0.387 e. The number of aliphatic hydroxyl groups is 3. The number of ether oxygens (including phenoxy) is 11. The number of hydrogen-bond donors (Lipinski definition) is 5. The van der Waals surface area contributed by atoms with E-state index in [-0.39, 0.29) is 61.5 Å². The fraction of sp³-hybridized carbons (Fsp3) is 0.855. The van der Waals surface area contributed by atoms with Crippen LogP contribution in [0.2, 0.25) is 0 Å². The second-order valence-electron chi connectivity index (χ2n) is 25.6. The van der Waals surface area contributed by atoms with Gasteiger partial charge in [0, 0.05) is 51.4 Å². The molecule has 11 aliphatic rings. The van der Waals surface area contributed by atoms with E-state index >= 15 is 0 Å². The van der Waals surface area contributed by atoms with Crippen LogP contribution in [0, 0.1) is 5.92 Å². The topological polar surface area (TPSA) is 289 Å². The molecule has 0 aromatic heterocycles. The predicted octanol–water partition coefficient (Wildman–Crippen LogP) is 4.03. The molecule has 0 aromatic rings. The lowest BCUT2D eigenvalue weighted by atomic mass is 9.73. The number of fused-ring (bicyclic) bond motifs is 10. The van der Waals surface area contributed by atoms with E-state index in [9.17, 15) is 36.7 Å². The summed E-state index contributed by atoms with van der Waals surface area (Å²) in [5, 5.41) is 34.1. The van der Waals surface area contributed by atoms with Crippen molar-refractivity contribution in [2.75, 3.05) is 6.61 Å². The molecular formula is C55H82O22S2. The van der Waals surface area contributed by atoms with Crippen molar-refractivity contribution < 1.29 is 102 Å². The largest absolute Gasteiger partial charge is 0.397 e. The van der Waals surface area contributed by atoms with Gasteiger partial charge in [0.15, 0.2) is 0 Å². The van der Waals surface area contributed by atoms with E-state index in [0.717, 1.165) is 6.42 Å². The summed E-state index contributed by atoms with van der Waals surface area (Å²) in [6.07, 6.45) is -1.23. The van der Waals surface area contributed by atoms with E-state index < -0.39 is 141 Å². The van der Waals surface area contributed by atoms with Gasteiger partial charge in [0.2, 0.25) is 0 Å². The van der Waals surface area contributed by atoms with Crippen molar-refractivity contribution in [1.29, 1.82) is 0 Å². The van der Waals surface area contributed by atoms with Crippen molar-refractivity contribution >= 4 is 20.8 Å². The summed E-state index contributed by atoms with van der Waals surface area (Å²) in [7, 11) is -9.75. The minimum absolute atomic E-state index is 0.00274. The summed E-state index contributed by atoms with van der Waals surface area (Å²) in [5.74, 6) is 0.0510. The maximum atomic E-state index is 12.3. The SMILES string of the molecule is C=CC(O)C(=C)/C=C/[C@@](C)(O)[C@H]1OC2CC3OC4CC5OC6CC7OC8CC9OC%10CC%11OC(C)(CCOS(=O)(=O)O)[C@@H](OS(=O)(=O)O)C[C@H]%11O[C@H]%10C[C@H]9O[C@H]8CC[C@@]7(C)O[C@@]6(C)CC[C@H](C)[C@H]5O[C@H]4C(O)[C@@]3(C)O[C@H]2CC1=C. The van der Waals surface area contributed by atoms with Crippen LogP contribution in [0.3, 0.4) is 0 Å². The Hall–Kier alpha value is -1.86. The molecule has 0 aromatic carbocycles. The van der Waals surface area contributed by atoms with Crippen molar-refractivity contribution in [2.45, 2.75) is 281 Å². The van der Waals surface area contributed by atoms with Crippen LogP contribution in [0.5, 0.6) is 0 Å². The molecule has 0 amide bonds. The van der Waals surface area contributed by atoms with Gasteiger partial charge in [0.05, 0.1) is 127 Å². The zero-order chi connectivity index (χ0) is 56.6. The highest BCUT2D eigenvalue weighted by atomic mass is 32.3. The standard InChI is InChI=1S/C55H82O22S2/c1-10-30(56)27(2)11-14-51(5,58)50-29(4)19-39-38(72-50)25-46-55(9,75-39)49(57)48-42(71-46)23-41-47(73-48)28(3)12-15-53(7)44(70-41)26-43-54(8,77-53)16-13-31-32(69-43)20-34-33(66-31)21-35-36(67-34)22-40-37(68-35)24-45(76-79(62,63)64)52(6,74-40)17-18-65-78(59,60)61/h10-11,14,28,30-50,56-58H,1-2,4,12-13,15-26H2,3,5-9H3,(H,59,60,61)(H,62,63,64)/b14-11+/t28-,30?,31-,32?,33+,34?,35-,36?,37+,38?,39-,40?,41?,42?,43?,44?,45-,46?,47+,48+,49?,50-,51+,52?,53-,54+,55-/m0/s1. The Balaban J connectivity index is 0.748. The Kier molecular flexibility index (Phi) is 15.9. The Labute approximate surface area is 463 Å². The van der Waals surface area contributed by atoms with Gasteiger partial charge in [-0.25, -0.2) is 8.37 Å². The van der Waals surface area contributed by atoms with Gasteiger partial charge in [-0.2, -0.15) is 16.8 Å². The Morgan fingerprint density at radius 1 is 0.709 bits per heavy atom. The molecule has 27 atom stereocenters. The minimum atomic E-state index is -4.95. The predicted molar refractivity (Wildman–Crippen MR) is 277 cm³/mol. The first-order valence-corrected chi connectivity index (χ1v) is 31.0. The average Bonchev–Trinajstić information content (AvgIpc) is 3.52. The molecule has 5 N–H and O–H groups in total. The monoisotopic (exact) mass is 1160 g/mol. The fourth-order valence-electron chi connectivity index (χ4n) is 15.3. The zero-order valence-electron chi connectivity index (χ0n) is 45.9. The molecular weight excluding hydrogens is 1080 g/mol. The van der Waals surface area contributed by atoms with Gasteiger partial charge in [-0.15, -0.1) is 6.58 Å². The molecule has 0 radical (unpaired) electrons. The van der Waals surface area contributed by atoms with Crippen LogP contribution >= 0.6 is 0 Å². The number of rotatable bonds is 11. The van der Waals surface area contributed by atoms with Crippen LogP contribution in [-0.2, 0) is 81.3 Å². The minimum Gasteiger partial charge on any atom is -0.387 e. The first kappa shape index (κ1) is 58.9. The fourth-order valence-corrected chi connectivity index (χ4v) is 16.1. The molecule has 0 saturated carbocycles. The molecule has 11 heterocycles. The summed E-state index contributed by atoms with van der Waals surface area (Å²) in [4.78, 5) is 0. The van der Waals surface area contributed by atoms with E-state index in [2.05, 4.69) is 44.7 Å². The summed E-state index contributed by atoms with van der Waals surface area (Å²) in [6.45, 7) is 22.7. The summed E-state index contributed by atoms with van der Waals surface area (Å²) < 4.78 is 151. The summed E-state index contributed by atoms with van der Waals surface area (Å²) in [5.41, 5.74) is -4.40. The van der Waals surface area contributed by atoms with Crippen molar-refractivity contribution in [3.8, 4) is 0 Å². The van der Waals surface area contributed by atoms with E-state index in [1.165, 1.54) is 13.0 Å². The van der Waals surface area contributed by atoms with Gasteiger partial charge in [-0.1, -0.05) is 38.3 Å². The summed E-state index contributed by atoms with van der Waals surface area (Å²) in [6, 6.07) is 0. The van der Waals surface area contributed by atoms with Crippen LogP contribution in [0.1, 0.15) is 125 Å². The van der Waals surface area contributed by atoms with E-state index in [4.69, 9.17) is 60.8 Å². The van der Waals surface area contributed by atoms with E-state index in [0.29, 0.717) is 75.4 Å². The first-order valence-electron chi connectivity index (χ1n) is 28.3. The molecule has 11 saturated heterocycles. The molecule has 11 rings (SSSR count). The van der Waals surface area contributed by atoms with Crippen LogP contribution < -0.4 is 0 Å². The van der Waals surface area contributed by atoms with E-state index in [1.54, 1.807) is 19.1 Å². The normalized spacial score (nSPS) is 50.9. The van der Waals surface area contributed by atoms with Gasteiger partial charge in [-0.05, 0) is 83.8 Å². The zero-order valence-corrected chi connectivity index (χ0v) is 47.6. The Morgan fingerprint density at radius 2 is 1.27 bits per heavy atom. The highest BCUT2D eigenvalue weighted by Gasteiger charge is 2.65. The van der Waals surface area contributed by atoms with Crippen LogP contribution in [-0.4, -0.2) is 204 Å². The molecule has 11 fully saturated rings. The van der Waals surface area contributed by atoms with Crippen molar-refractivity contribution in [3.63, 3.8) is 0 Å². The lowest BCUT2D eigenvalue weighted by Gasteiger charge is -2.61. The molecule has 24 heteroatoms. The van der Waals surface area contributed by atoms with Crippen LogP contribution in [0.15, 0.2) is 49.1 Å². The third-order valence-corrected chi connectivity index (χ3v) is 20.7. The average molecular weight is 1160 g/mol. The van der Waals surface area contributed by atoms with Gasteiger partial charge in [0.1, 0.15) is 35.6 Å². The Morgan fingerprint density at radius 3 is 1.91 bits per heavy atom. The molecule has 446 valence electrons. The van der Waals surface area contributed by atoms with Gasteiger partial charge in [0.25, 0.3) is 0 Å². The van der Waals surface area contributed by atoms with Crippen molar-refractivity contribution in [1.82, 2.24) is 0 Å². The highest BCUT2D eigenvalue weighted by Crippen LogP contribution is 2.54.